The van der Waals surface area contributed by atoms with Crippen molar-refractivity contribution in [3.63, 3.8) is 0 Å². The van der Waals surface area contributed by atoms with Crippen molar-refractivity contribution in [1.82, 2.24) is 9.88 Å². The van der Waals surface area contributed by atoms with Crippen LogP contribution in [-0.4, -0.2) is 17.7 Å². The summed E-state index contributed by atoms with van der Waals surface area (Å²) in [5, 5.41) is 4.74. The van der Waals surface area contributed by atoms with E-state index < -0.39 is 0 Å². The maximum atomic E-state index is 3.35. The number of benzene rings is 1. The van der Waals surface area contributed by atoms with Crippen molar-refractivity contribution < 1.29 is 0 Å². The lowest BCUT2D eigenvalue weighted by Gasteiger charge is -2.27. The molecule has 1 saturated carbocycles. The minimum atomic E-state index is 0.532. The molecular weight excluding hydrogens is 232 g/mol. The number of fused-ring (bicyclic) bond motifs is 1. The van der Waals surface area contributed by atoms with E-state index in [9.17, 15) is 0 Å². The van der Waals surface area contributed by atoms with Crippen LogP contribution in [0.1, 0.15) is 31.9 Å². The van der Waals surface area contributed by atoms with Crippen LogP contribution in [-0.2, 0) is 13.0 Å². The van der Waals surface area contributed by atoms with Gasteiger partial charge in [-0.3, -0.25) is 0 Å². The third kappa shape index (κ3) is 2.55. The lowest BCUT2D eigenvalue weighted by Crippen LogP contribution is -2.26. The van der Waals surface area contributed by atoms with Gasteiger partial charge in [0.15, 0.2) is 0 Å². The molecule has 19 heavy (non-hydrogen) atoms. The lowest BCUT2D eigenvalue weighted by atomic mass is 9.85. The van der Waals surface area contributed by atoms with Gasteiger partial charge in [0.05, 0.1) is 0 Å². The van der Waals surface area contributed by atoms with Gasteiger partial charge < -0.3 is 9.88 Å². The molecule has 2 heteroatoms. The Morgan fingerprint density at radius 3 is 2.79 bits per heavy atom. The molecule has 0 aliphatic heterocycles. The topological polar surface area (TPSA) is 17.0 Å². The predicted octanol–water partition coefficient (Wildman–Crippen LogP) is 3.59. The summed E-state index contributed by atoms with van der Waals surface area (Å²) >= 11 is 0. The molecule has 1 aromatic heterocycles. The van der Waals surface area contributed by atoms with E-state index in [0.717, 1.165) is 12.3 Å². The molecule has 1 aromatic carbocycles. The van der Waals surface area contributed by atoms with Crippen molar-refractivity contribution >= 4 is 10.9 Å². The Kier molecular flexibility index (Phi) is 3.61. The molecule has 0 saturated heterocycles. The van der Waals surface area contributed by atoms with Crippen LogP contribution < -0.4 is 5.32 Å². The Hall–Kier alpha value is -1.28. The van der Waals surface area contributed by atoms with E-state index in [2.05, 4.69) is 47.1 Å². The molecule has 1 fully saturated rings. The van der Waals surface area contributed by atoms with Crippen molar-refractivity contribution in [2.75, 3.05) is 7.05 Å². The summed E-state index contributed by atoms with van der Waals surface area (Å²) in [6, 6.07) is 11.7. The molecule has 1 aliphatic carbocycles. The van der Waals surface area contributed by atoms with Gasteiger partial charge in [0.25, 0.3) is 0 Å². The van der Waals surface area contributed by atoms with Gasteiger partial charge in [-0.25, -0.2) is 0 Å². The summed E-state index contributed by atoms with van der Waals surface area (Å²) in [4.78, 5) is 0. The zero-order chi connectivity index (χ0) is 13.2. The fraction of sp³-hybridized carbons (Fsp3) is 0.529. The standard InChI is InChI=1S/C17H24N2/c1-13(18-2)10-16-11-15-8-3-4-9-17(15)19(16)12-14-6-5-7-14/h3-4,8-9,11,13-14,18H,5-7,10,12H2,1-2H3. The molecule has 1 atom stereocenters. The number of hydrogen-bond donors (Lipinski definition) is 1. The first kappa shape index (κ1) is 12.7. The maximum Gasteiger partial charge on any atom is 0.0482 e. The molecule has 0 radical (unpaired) electrons. The molecule has 1 heterocycles. The van der Waals surface area contributed by atoms with Crippen LogP contribution in [0.5, 0.6) is 0 Å². The van der Waals surface area contributed by atoms with Crippen LogP contribution in [0.4, 0.5) is 0 Å². The van der Waals surface area contributed by atoms with E-state index in [1.54, 1.807) is 0 Å². The third-order valence-corrected chi connectivity index (χ3v) is 4.57. The Labute approximate surface area is 115 Å². The maximum absolute atomic E-state index is 3.35. The largest absolute Gasteiger partial charge is 0.344 e. The second-order valence-corrected chi connectivity index (χ2v) is 6.00. The Balaban J connectivity index is 1.95. The van der Waals surface area contributed by atoms with Gasteiger partial charge >= 0.3 is 0 Å². The SMILES string of the molecule is CNC(C)Cc1cc2ccccc2n1CC1CCC1. The monoisotopic (exact) mass is 256 g/mol. The number of rotatable bonds is 5. The number of para-hydroxylation sites is 1. The summed E-state index contributed by atoms with van der Waals surface area (Å²) in [6.07, 6.45) is 5.35. The first-order valence-electron chi connectivity index (χ1n) is 7.52. The van der Waals surface area contributed by atoms with Gasteiger partial charge in [-0.15, -0.1) is 0 Å². The van der Waals surface area contributed by atoms with Crippen LogP contribution in [0.3, 0.4) is 0 Å². The number of aromatic nitrogens is 1. The average Bonchev–Trinajstić information content (AvgIpc) is 2.71. The molecule has 0 spiro atoms. The second-order valence-electron chi connectivity index (χ2n) is 6.00. The molecule has 0 bridgehead atoms. The van der Waals surface area contributed by atoms with E-state index >= 15 is 0 Å². The summed E-state index contributed by atoms with van der Waals surface area (Å²) in [5.41, 5.74) is 2.89. The van der Waals surface area contributed by atoms with Crippen molar-refractivity contribution in [1.29, 1.82) is 0 Å². The fourth-order valence-corrected chi connectivity index (χ4v) is 3.00. The van der Waals surface area contributed by atoms with Gasteiger partial charge in [-0.05, 0) is 50.2 Å². The van der Waals surface area contributed by atoms with E-state index in [0.29, 0.717) is 6.04 Å². The van der Waals surface area contributed by atoms with Crippen LogP contribution in [0.25, 0.3) is 10.9 Å². The van der Waals surface area contributed by atoms with Crippen LogP contribution in [0, 0.1) is 5.92 Å². The summed E-state index contributed by atoms with van der Waals surface area (Å²) in [6.45, 7) is 3.46. The molecule has 3 rings (SSSR count). The van der Waals surface area contributed by atoms with Gasteiger partial charge in [0.1, 0.15) is 0 Å². The highest BCUT2D eigenvalue weighted by Gasteiger charge is 2.20. The second kappa shape index (κ2) is 5.38. The van der Waals surface area contributed by atoms with Crippen molar-refractivity contribution in [2.24, 2.45) is 5.92 Å². The van der Waals surface area contributed by atoms with E-state index in [1.165, 1.54) is 42.4 Å². The van der Waals surface area contributed by atoms with Gasteiger partial charge in [-0.2, -0.15) is 0 Å². The highest BCUT2D eigenvalue weighted by atomic mass is 15.0. The first-order valence-corrected chi connectivity index (χ1v) is 7.52. The molecule has 1 N–H and O–H groups in total. The number of hydrogen-bond acceptors (Lipinski definition) is 1. The summed E-state index contributed by atoms with van der Waals surface area (Å²) in [5.74, 6) is 0.902. The van der Waals surface area contributed by atoms with Crippen LogP contribution in [0.2, 0.25) is 0 Å². The summed E-state index contributed by atoms with van der Waals surface area (Å²) in [7, 11) is 2.05. The highest BCUT2D eigenvalue weighted by Crippen LogP contribution is 2.31. The zero-order valence-corrected chi connectivity index (χ0v) is 12.0. The van der Waals surface area contributed by atoms with Gasteiger partial charge in [0, 0.05) is 30.2 Å². The molecule has 1 unspecified atom stereocenters. The minimum absolute atomic E-state index is 0.532. The smallest absolute Gasteiger partial charge is 0.0482 e. The van der Waals surface area contributed by atoms with Crippen LogP contribution in [0.15, 0.2) is 30.3 Å². The molecule has 102 valence electrons. The Bertz CT molecular complexity index is 551. The van der Waals surface area contributed by atoms with E-state index in [-0.39, 0.29) is 0 Å². The van der Waals surface area contributed by atoms with Crippen molar-refractivity contribution in [3.05, 3.63) is 36.0 Å². The highest BCUT2D eigenvalue weighted by molar-refractivity contribution is 5.81. The average molecular weight is 256 g/mol. The number of nitrogens with zero attached hydrogens (tertiary/aromatic N) is 1. The van der Waals surface area contributed by atoms with Crippen LogP contribution >= 0.6 is 0 Å². The Morgan fingerprint density at radius 1 is 1.32 bits per heavy atom. The van der Waals surface area contributed by atoms with Gasteiger partial charge in [-0.1, -0.05) is 24.6 Å². The number of likely N-dealkylation sites (N-methyl/N-ethyl adjacent to an activating group) is 1. The zero-order valence-electron chi connectivity index (χ0n) is 12.0. The normalized spacial score (nSPS) is 17.6. The van der Waals surface area contributed by atoms with Gasteiger partial charge in [0.2, 0.25) is 0 Å². The number of nitrogens with one attached hydrogen (secondary N) is 1. The first-order chi connectivity index (χ1) is 9.28. The molecule has 2 aromatic rings. The molecule has 2 nitrogen and oxygen atoms in total. The third-order valence-electron chi connectivity index (χ3n) is 4.57. The Morgan fingerprint density at radius 2 is 2.11 bits per heavy atom. The van der Waals surface area contributed by atoms with E-state index in [1.807, 2.05) is 7.05 Å². The fourth-order valence-electron chi connectivity index (χ4n) is 3.00. The van der Waals surface area contributed by atoms with Crippen molar-refractivity contribution in [2.45, 2.75) is 45.2 Å². The predicted molar refractivity (Wildman–Crippen MR) is 81.5 cm³/mol. The minimum Gasteiger partial charge on any atom is -0.344 e. The molecule has 0 amide bonds. The lowest BCUT2D eigenvalue weighted by molar-refractivity contribution is 0.277. The molecular formula is C17H24N2. The summed E-state index contributed by atoms with van der Waals surface area (Å²) < 4.78 is 2.56. The van der Waals surface area contributed by atoms with Crippen molar-refractivity contribution in [3.8, 4) is 0 Å². The molecule has 1 aliphatic rings. The quantitative estimate of drug-likeness (QED) is 0.865. The van der Waals surface area contributed by atoms with E-state index in [4.69, 9.17) is 0 Å².